The maximum Gasteiger partial charge on any atom is 0.234 e. The van der Waals surface area contributed by atoms with Gasteiger partial charge in [-0.25, -0.2) is 9.37 Å². The second-order valence-corrected chi connectivity index (χ2v) is 19.2. The van der Waals surface area contributed by atoms with Gasteiger partial charge in [0.15, 0.2) is 5.78 Å². The number of carbonyl (C=O) groups is 4. The number of amides is 3. The van der Waals surface area contributed by atoms with E-state index in [1.807, 2.05) is 54.9 Å². The SMILES string of the molecule is COC[C@@H]1CC(=O)[C@H](C)N(Cc2c(F)cc(Cl)cc2Oc2ccc(-c3cnc(CN(C)C)n3C)cc2)C(=O)C[C@@H](Cc2cccc[n+]2O)C(=O)N2CCC[C@@](Cc3ccc(Cl)cc3)(C2)N(C)C1=O. The van der Waals surface area contributed by atoms with Crippen molar-refractivity contribution in [1.82, 2.24) is 29.2 Å². The van der Waals surface area contributed by atoms with Crippen molar-refractivity contribution < 1.29 is 43.0 Å². The predicted octanol–water partition coefficient (Wildman–Crippen LogP) is 7.18. The Kier molecular flexibility index (Phi) is 15.9. The van der Waals surface area contributed by atoms with E-state index in [0.29, 0.717) is 48.8 Å². The summed E-state index contributed by atoms with van der Waals surface area (Å²) in [4.78, 5) is 70.7. The van der Waals surface area contributed by atoms with Crippen LogP contribution >= 0.6 is 23.2 Å². The fourth-order valence-electron chi connectivity index (χ4n) is 9.45. The molecule has 3 aromatic carbocycles. The second-order valence-electron chi connectivity index (χ2n) is 18.3. The molecule has 5 aromatic rings. The van der Waals surface area contributed by atoms with Crippen molar-refractivity contribution in [2.45, 2.75) is 70.1 Å². The lowest BCUT2D eigenvalue weighted by Gasteiger charge is -2.50. The topological polar surface area (TPSA) is 142 Å². The summed E-state index contributed by atoms with van der Waals surface area (Å²) in [6.45, 7) is 2.16. The average Bonchev–Trinajstić information content (AvgIpc) is 3.66. The van der Waals surface area contributed by atoms with Crippen LogP contribution in [0.5, 0.6) is 11.5 Å². The monoisotopic (exact) mass is 970 g/mol. The number of rotatable bonds is 13. The van der Waals surface area contributed by atoms with Gasteiger partial charge in [0.05, 0.1) is 55.0 Å². The zero-order chi connectivity index (χ0) is 48.9. The van der Waals surface area contributed by atoms with Crippen molar-refractivity contribution in [3.05, 3.63) is 130 Å². The molecule has 0 unspecified atom stereocenters. The van der Waals surface area contributed by atoms with Crippen molar-refractivity contribution in [3.8, 4) is 22.8 Å². The van der Waals surface area contributed by atoms with Gasteiger partial charge in [-0.1, -0.05) is 35.3 Å². The third-order valence-electron chi connectivity index (χ3n) is 13.3. The number of carbonyl (C=O) groups excluding carboxylic acids is 4. The molecule has 0 radical (unpaired) electrons. The summed E-state index contributed by atoms with van der Waals surface area (Å²) in [5.74, 6) is -3.30. The average molecular weight is 972 g/mol. The smallest absolute Gasteiger partial charge is 0.234 e. The van der Waals surface area contributed by atoms with E-state index >= 15 is 14.0 Å². The number of methoxy groups -OCH3 is 1. The summed E-state index contributed by atoms with van der Waals surface area (Å²) in [6.07, 6.45) is 4.00. The number of piperidine rings is 1. The molecule has 4 atom stereocenters. The molecule has 0 spiro atoms. The van der Waals surface area contributed by atoms with Crippen LogP contribution in [-0.4, -0.2) is 117 Å². The normalized spacial score (nSPS) is 20.9. The summed E-state index contributed by atoms with van der Waals surface area (Å²) >= 11 is 12.7. The van der Waals surface area contributed by atoms with Crippen LogP contribution in [0.1, 0.15) is 55.3 Å². The predicted molar refractivity (Wildman–Crippen MR) is 255 cm³/mol. The van der Waals surface area contributed by atoms with Crippen LogP contribution in [0.2, 0.25) is 10.0 Å². The van der Waals surface area contributed by atoms with E-state index < -0.39 is 47.5 Å². The van der Waals surface area contributed by atoms with E-state index in [9.17, 15) is 14.8 Å². The number of pyridine rings is 1. The largest absolute Gasteiger partial charge is 0.457 e. The third-order valence-corrected chi connectivity index (χ3v) is 13.8. The number of hydrogen-bond acceptors (Lipinski definition) is 9. The lowest BCUT2D eigenvalue weighted by Crippen LogP contribution is -2.63. The number of likely N-dealkylation sites (N-methyl/N-ethyl adjacent to an activating group) is 1. The lowest BCUT2D eigenvalue weighted by molar-refractivity contribution is -0.909. The summed E-state index contributed by atoms with van der Waals surface area (Å²) in [6, 6.07) is 20.9. The van der Waals surface area contributed by atoms with Gasteiger partial charge in [-0.3, -0.25) is 24.4 Å². The molecule has 7 rings (SSSR count). The molecule has 4 heterocycles. The third kappa shape index (κ3) is 11.3. The summed E-state index contributed by atoms with van der Waals surface area (Å²) in [7, 11) is 9.05. The van der Waals surface area contributed by atoms with Crippen LogP contribution in [0.25, 0.3) is 11.3 Å². The van der Waals surface area contributed by atoms with Crippen molar-refractivity contribution in [2.24, 2.45) is 18.9 Å². The van der Waals surface area contributed by atoms with Crippen LogP contribution in [0.15, 0.2) is 91.3 Å². The molecule has 14 nitrogen and oxygen atoms in total. The van der Waals surface area contributed by atoms with E-state index in [1.54, 1.807) is 65.5 Å². The number of fused-ring (bicyclic) bond motifs is 2. The first kappa shape index (κ1) is 50.0. The second kappa shape index (κ2) is 21.6. The van der Waals surface area contributed by atoms with Gasteiger partial charge < -0.3 is 33.6 Å². The minimum absolute atomic E-state index is 0.0149. The first-order chi connectivity index (χ1) is 32.5. The Balaban J connectivity index is 1.26. The number of Topliss-reactive ketones (excluding diaryl/α,β-unsaturated/α-hetero) is 1. The Labute approximate surface area is 406 Å². The number of benzene rings is 3. The van der Waals surface area contributed by atoms with Crippen LogP contribution in [0.3, 0.4) is 0 Å². The number of nitrogens with zero attached hydrogens (tertiary/aromatic N) is 7. The number of ether oxygens (including phenoxy) is 2. The van der Waals surface area contributed by atoms with Crippen molar-refractivity contribution in [1.29, 1.82) is 0 Å². The van der Waals surface area contributed by atoms with Gasteiger partial charge in [0.2, 0.25) is 29.6 Å². The molecule has 2 aliphatic heterocycles. The molecular formula is C51H59Cl2FN7O7+. The molecule has 17 heteroatoms. The Morgan fingerprint density at radius 3 is 2.37 bits per heavy atom. The van der Waals surface area contributed by atoms with Crippen LogP contribution in [0, 0.1) is 17.7 Å². The van der Waals surface area contributed by atoms with Gasteiger partial charge >= 0.3 is 0 Å². The van der Waals surface area contributed by atoms with E-state index in [2.05, 4.69) is 4.98 Å². The maximum atomic E-state index is 16.4. The number of imidazole rings is 1. The van der Waals surface area contributed by atoms with Crippen LogP contribution in [-0.2, 0) is 56.9 Å². The van der Waals surface area contributed by atoms with E-state index in [4.69, 9.17) is 32.7 Å². The maximum absolute atomic E-state index is 16.4. The summed E-state index contributed by atoms with van der Waals surface area (Å²) in [5.41, 5.74) is 2.08. The molecule has 0 aliphatic carbocycles. The molecule has 3 amide bonds. The highest BCUT2D eigenvalue weighted by molar-refractivity contribution is 6.31. The van der Waals surface area contributed by atoms with Gasteiger partial charge in [0.1, 0.15) is 23.1 Å². The van der Waals surface area contributed by atoms with Crippen molar-refractivity contribution >= 4 is 46.7 Å². The summed E-state index contributed by atoms with van der Waals surface area (Å²) < 4.78 is 31.2. The fourth-order valence-corrected chi connectivity index (χ4v) is 9.77. The van der Waals surface area contributed by atoms with Gasteiger partial charge in [-0.15, -0.1) is 0 Å². The van der Waals surface area contributed by atoms with Gasteiger partial charge in [-0.05, 0) is 100 Å². The minimum Gasteiger partial charge on any atom is -0.457 e. The molecule has 2 aliphatic rings. The number of halogens is 3. The zero-order valence-electron chi connectivity index (χ0n) is 39.3. The molecule has 2 saturated heterocycles. The molecule has 1 N–H and O–H groups in total. The Morgan fingerprint density at radius 2 is 1.68 bits per heavy atom. The number of hydrogen-bond donors (Lipinski definition) is 1. The van der Waals surface area contributed by atoms with E-state index in [0.717, 1.165) is 33.4 Å². The molecule has 360 valence electrons. The van der Waals surface area contributed by atoms with E-state index in [-0.39, 0.29) is 60.6 Å². The number of aromatic nitrogens is 3. The van der Waals surface area contributed by atoms with Gasteiger partial charge in [0, 0.05) is 91.6 Å². The van der Waals surface area contributed by atoms with Gasteiger partial charge in [0.25, 0.3) is 0 Å². The summed E-state index contributed by atoms with van der Waals surface area (Å²) in [5, 5.41) is 11.5. The van der Waals surface area contributed by atoms with Crippen LogP contribution in [0.4, 0.5) is 4.39 Å². The standard InChI is InChI=1S/C51H59Cl2FN7O7/c1-33-45(62)23-37(31-67-6)49(64)58(5)51(27-34-11-15-38(52)16-12-34)19-9-20-59(32-51)50(65)36(22-40-10-7-8-21-61(40)66)24-48(63)60(33)29-42-43(54)25-39(53)26-46(42)68-41-17-13-35(14-18-41)44-28-55-47(57(44)4)30-56(2)3/h7-8,10-18,21,25-26,28,33,36-37,66H,9,19-20,22-24,27,29-32H2,1-6H3/q+1/t33-,36+,37-,51+/m0/s1. The highest BCUT2D eigenvalue weighted by atomic mass is 35.5. The molecule has 0 saturated carbocycles. The van der Waals surface area contributed by atoms with Crippen molar-refractivity contribution in [3.63, 3.8) is 0 Å². The molecule has 2 fully saturated rings. The molecule has 2 bridgehead atoms. The molecule has 2 aromatic heterocycles. The Morgan fingerprint density at radius 1 is 0.941 bits per heavy atom. The highest BCUT2D eigenvalue weighted by Crippen LogP contribution is 2.37. The zero-order valence-corrected chi connectivity index (χ0v) is 40.8. The van der Waals surface area contributed by atoms with Crippen molar-refractivity contribution in [2.75, 3.05) is 47.9 Å². The van der Waals surface area contributed by atoms with Gasteiger partial charge in [-0.2, -0.15) is 0 Å². The van der Waals surface area contributed by atoms with E-state index in [1.165, 1.54) is 31.2 Å². The number of ketones is 1. The lowest BCUT2D eigenvalue weighted by atomic mass is 9.80. The highest BCUT2D eigenvalue weighted by Gasteiger charge is 2.46. The molecular weight excluding hydrogens is 913 g/mol. The Bertz CT molecular complexity index is 2630. The van der Waals surface area contributed by atoms with Crippen LogP contribution < -0.4 is 9.47 Å². The first-order valence-corrected chi connectivity index (χ1v) is 23.4. The molecule has 68 heavy (non-hydrogen) atoms. The quantitative estimate of drug-likeness (QED) is 0.0961. The minimum atomic E-state index is -1.21. The fraction of sp³-hybridized carbons (Fsp3) is 0.412. The Hall–Kier alpha value is -5.87. The first-order valence-electron chi connectivity index (χ1n) is 22.7.